The molecule has 5 nitrogen and oxygen atoms in total. The van der Waals surface area contributed by atoms with Crippen molar-refractivity contribution in [3.63, 3.8) is 0 Å². The van der Waals surface area contributed by atoms with E-state index in [0.29, 0.717) is 12.0 Å². The molecule has 2 aromatic heterocycles. The Hall–Kier alpha value is -1.69. The lowest BCUT2D eigenvalue weighted by molar-refractivity contribution is 0.521. The van der Waals surface area contributed by atoms with E-state index >= 15 is 0 Å². The normalized spacial score (nSPS) is 16.0. The van der Waals surface area contributed by atoms with Crippen molar-refractivity contribution >= 4 is 27.7 Å². The van der Waals surface area contributed by atoms with Gasteiger partial charge >= 0.3 is 0 Å². The number of nitrogens with zero attached hydrogens (tertiary/aromatic N) is 4. The van der Waals surface area contributed by atoms with Crippen LogP contribution < -0.4 is 10.2 Å². The second-order valence-corrected chi connectivity index (χ2v) is 6.24. The van der Waals surface area contributed by atoms with Crippen molar-refractivity contribution in [2.24, 2.45) is 0 Å². The van der Waals surface area contributed by atoms with Gasteiger partial charge in [-0.25, -0.2) is 15.0 Å². The molecule has 0 spiro atoms. The maximum absolute atomic E-state index is 4.50. The number of anilines is 2. The Bertz CT molecular complexity index is 576. The zero-order valence-corrected chi connectivity index (χ0v) is 13.5. The average molecular weight is 348 g/mol. The summed E-state index contributed by atoms with van der Waals surface area (Å²) in [5, 5.41) is 3.40. The molecule has 1 aliphatic rings. The van der Waals surface area contributed by atoms with E-state index in [4.69, 9.17) is 0 Å². The third-order valence-electron chi connectivity index (χ3n) is 3.67. The first kappa shape index (κ1) is 14.3. The van der Waals surface area contributed by atoms with Crippen molar-refractivity contribution in [3.8, 4) is 0 Å². The molecule has 0 saturated carbocycles. The lowest BCUT2D eigenvalue weighted by atomic mass is 10.1. The monoisotopic (exact) mass is 347 g/mol. The second kappa shape index (κ2) is 6.39. The molecule has 0 amide bonds. The van der Waals surface area contributed by atoms with Crippen LogP contribution in [0, 0.1) is 6.92 Å². The van der Waals surface area contributed by atoms with Crippen LogP contribution in [0.3, 0.4) is 0 Å². The summed E-state index contributed by atoms with van der Waals surface area (Å²) in [6.07, 6.45) is 7.58. The quantitative estimate of drug-likeness (QED) is 0.924. The Labute approximate surface area is 133 Å². The van der Waals surface area contributed by atoms with Crippen LogP contribution in [-0.4, -0.2) is 34.1 Å². The van der Waals surface area contributed by atoms with E-state index in [0.717, 1.165) is 36.2 Å². The van der Waals surface area contributed by atoms with E-state index in [1.54, 1.807) is 12.4 Å². The number of pyridine rings is 1. The molecule has 110 valence electrons. The second-order valence-electron chi connectivity index (χ2n) is 5.32. The highest BCUT2D eigenvalue weighted by atomic mass is 79.9. The average Bonchev–Trinajstić information content (AvgIpc) is 2.51. The molecule has 21 heavy (non-hydrogen) atoms. The molecule has 0 unspecified atom stereocenters. The first-order valence-corrected chi connectivity index (χ1v) is 7.92. The Morgan fingerprint density at radius 1 is 1.10 bits per heavy atom. The van der Waals surface area contributed by atoms with Crippen molar-refractivity contribution in [2.75, 3.05) is 23.3 Å². The van der Waals surface area contributed by atoms with Crippen LogP contribution in [0.5, 0.6) is 0 Å². The predicted octanol–water partition coefficient (Wildman–Crippen LogP) is 3.02. The summed E-state index contributed by atoms with van der Waals surface area (Å²) in [6, 6.07) is 4.64. The SMILES string of the molecule is Cc1ccc(N2CCC(Nc3ncc(Br)cn3)CC2)nc1. The van der Waals surface area contributed by atoms with Crippen LogP contribution >= 0.6 is 15.9 Å². The van der Waals surface area contributed by atoms with Gasteiger partial charge in [-0.05, 0) is 47.3 Å². The molecule has 0 aliphatic carbocycles. The number of halogens is 1. The Morgan fingerprint density at radius 3 is 2.43 bits per heavy atom. The molecular formula is C15H18BrN5. The van der Waals surface area contributed by atoms with E-state index < -0.39 is 0 Å². The van der Waals surface area contributed by atoms with Gasteiger partial charge in [0.15, 0.2) is 0 Å². The number of aromatic nitrogens is 3. The van der Waals surface area contributed by atoms with Crippen LogP contribution in [0.2, 0.25) is 0 Å². The Morgan fingerprint density at radius 2 is 1.81 bits per heavy atom. The van der Waals surface area contributed by atoms with Gasteiger partial charge in [0.1, 0.15) is 5.82 Å². The fourth-order valence-electron chi connectivity index (χ4n) is 2.47. The topological polar surface area (TPSA) is 53.9 Å². The van der Waals surface area contributed by atoms with Gasteiger partial charge in [-0.3, -0.25) is 0 Å². The molecule has 0 atom stereocenters. The molecule has 3 rings (SSSR count). The van der Waals surface area contributed by atoms with E-state index in [2.05, 4.69) is 60.2 Å². The summed E-state index contributed by atoms with van der Waals surface area (Å²) in [7, 11) is 0. The third-order valence-corrected chi connectivity index (χ3v) is 4.08. The number of aryl methyl sites for hydroxylation is 1. The van der Waals surface area contributed by atoms with E-state index in [1.165, 1.54) is 5.56 Å². The number of hydrogen-bond donors (Lipinski definition) is 1. The molecule has 0 bridgehead atoms. The summed E-state index contributed by atoms with van der Waals surface area (Å²) in [4.78, 5) is 15.4. The van der Waals surface area contributed by atoms with Crippen LogP contribution in [0.1, 0.15) is 18.4 Å². The molecule has 6 heteroatoms. The van der Waals surface area contributed by atoms with E-state index in [-0.39, 0.29) is 0 Å². The molecule has 0 aromatic carbocycles. The van der Waals surface area contributed by atoms with Crippen LogP contribution in [0.15, 0.2) is 35.2 Å². The van der Waals surface area contributed by atoms with E-state index in [9.17, 15) is 0 Å². The fourth-order valence-corrected chi connectivity index (χ4v) is 2.67. The number of piperidine rings is 1. The number of rotatable bonds is 3. The van der Waals surface area contributed by atoms with Gasteiger partial charge in [0.25, 0.3) is 0 Å². The van der Waals surface area contributed by atoms with E-state index in [1.807, 2.05) is 6.20 Å². The summed E-state index contributed by atoms with van der Waals surface area (Å²) in [5.41, 5.74) is 1.20. The lowest BCUT2D eigenvalue weighted by Crippen LogP contribution is -2.39. The lowest BCUT2D eigenvalue weighted by Gasteiger charge is -2.33. The minimum absolute atomic E-state index is 0.424. The highest BCUT2D eigenvalue weighted by molar-refractivity contribution is 9.10. The van der Waals surface area contributed by atoms with Crippen LogP contribution in [0.4, 0.5) is 11.8 Å². The third kappa shape index (κ3) is 3.69. The van der Waals surface area contributed by atoms with Gasteiger partial charge in [0, 0.05) is 37.7 Å². The zero-order chi connectivity index (χ0) is 14.7. The molecule has 0 radical (unpaired) electrons. The van der Waals surface area contributed by atoms with Crippen molar-refractivity contribution in [1.82, 2.24) is 15.0 Å². The van der Waals surface area contributed by atoms with Crippen molar-refractivity contribution < 1.29 is 0 Å². The number of hydrogen-bond acceptors (Lipinski definition) is 5. The van der Waals surface area contributed by atoms with Gasteiger partial charge in [-0.15, -0.1) is 0 Å². The van der Waals surface area contributed by atoms with Gasteiger partial charge in [0.2, 0.25) is 5.95 Å². The van der Waals surface area contributed by atoms with Gasteiger partial charge in [-0.2, -0.15) is 0 Å². The zero-order valence-electron chi connectivity index (χ0n) is 12.0. The fraction of sp³-hybridized carbons (Fsp3) is 0.400. The maximum atomic E-state index is 4.50. The summed E-state index contributed by atoms with van der Waals surface area (Å²) >= 11 is 3.34. The van der Waals surface area contributed by atoms with Crippen molar-refractivity contribution in [3.05, 3.63) is 40.8 Å². The first-order chi connectivity index (χ1) is 10.2. The molecule has 1 saturated heterocycles. The van der Waals surface area contributed by atoms with Crippen LogP contribution in [-0.2, 0) is 0 Å². The smallest absolute Gasteiger partial charge is 0.222 e. The van der Waals surface area contributed by atoms with Gasteiger partial charge in [0.05, 0.1) is 4.47 Å². The maximum Gasteiger partial charge on any atom is 0.222 e. The molecule has 2 aromatic rings. The molecule has 3 heterocycles. The summed E-state index contributed by atoms with van der Waals surface area (Å²) in [5.74, 6) is 1.77. The summed E-state index contributed by atoms with van der Waals surface area (Å²) in [6.45, 7) is 4.07. The van der Waals surface area contributed by atoms with Gasteiger partial charge in [-0.1, -0.05) is 6.07 Å². The molecule has 1 N–H and O–H groups in total. The standard InChI is InChI=1S/C15H18BrN5/c1-11-2-3-14(17-8-11)21-6-4-13(5-7-21)20-15-18-9-12(16)10-19-15/h2-3,8-10,13H,4-7H2,1H3,(H,18,19,20). The predicted molar refractivity (Wildman–Crippen MR) is 87.6 cm³/mol. The first-order valence-electron chi connectivity index (χ1n) is 7.12. The Kier molecular flexibility index (Phi) is 4.34. The minimum atomic E-state index is 0.424. The largest absolute Gasteiger partial charge is 0.356 e. The highest BCUT2D eigenvalue weighted by Gasteiger charge is 2.20. The molecule has 1 aliphatic heterocycles. The minimum Gasteiger partial charge on any atom is -0.356 e. The molecule has 1 fully saturated rings. The number of nitrogens with one attached hydrogen (secondary N) is 1. The van der Waals surface area contributed by atoms with Crippen molar-refractivity contribution in [1.29, 1.82) is 0 Å². The highest BCUT2D eigenvalue weighted by Crippen LogP contribution is 2.19. The summed E-state index contributed by atoms with van der Waals surface area (Å²) < 4.78 is 0.897. The van der Waals surface area contributed by atoms with Crippen LogP contribution in [0.25, 0.3) is 0 Å². The van der Waals surface area contributed by atoms with Crippen molar-refractivity contribution in [2.45, 2.75) is 25.8 Å². The molecular weight excluding hydrogens is 330 g/mol. The van der Waals surface area contributed by atoms with Gasteiger partial charge < -0.3 is 10.2 Å². The Balaban J connectivity index is 1.55.